The Morgan fingerprint density at radius 1 is 0.882 bits per heavy atom. The zero-order valence-corrected chi connectivity index (χ0v) is 11.9. The van der Waals surface area contributed by atoms with Crippen molar-refractivity contribution in [1.29, 1.82) is 0 Å². The lowest BCUT2D eigenvalue weighted by Crippen LogP contribution is -2.19. The van der Waals surface area contributed by atoms with Crippen LogP contribution < -0.4 is 4.18 Å². The molecule has 0 radical (unpaired) electrons. The Bertz CT molecular complexity index is 516. The molecule has 5 heteroatoms. The van der Waals surface area contributed by atoms with Crippen LogP contribution in [0.2, 0.25) is 0 Å². The maximum absolute atomic E-state index is 12.5. The zero-order chi connectivity index (χ0) is 12.1. The smallest absolute Gasteiger partial charge is 0.148 e. The average molecular weight is 362 g/mol. The highest BCUT2D eigenvalue weighted by Crippen LogP contribution is 2.26. The summed E-state index contributed by atoms with van der Waals surface area (Å²) in [6.45, 7) is 0. The van der Waals surface area contributed by atoms with Gasteiger partial charge in [0.1, 0.15) is 39.2 Å². The molecule has 0 heterocycles. The van der Waals surface area contributed by atoms with E-state index in [1.807, 2.05) is 24.3 Å². The monoisotopic (exact) mass is 362 g/mol. The molecule has 0 atom stereocenters. The highest BCUT2D eigenvalue weighted by Gasteiger charge is 2.18. The molecule has 0 aromatic heterocycles. The second-order valence-corrected chi connectivity index (χ2v) is 6.32. The van der Waals surface area contributed by atoms with E-state index < -0.39 is 10.5 Å². The Morgan fingerprint density at radius 3 is 1.94 bits per heavy atom. The molecule has 3 nitrogen and oxygen atoms in total. The average Bonchev–Trinajstić information content (AvgIpc) is 2.41. The zero-order valence-electron chi connectivity index (χ0n) is 8.82. The van der Waals surface area contributed by atoms with Gasteiger partial charge in [0.15, 0.2) is 0 Å². The number of halogens is 1. The summed E-state index contributed by atoms with van der Waals surface area (Å²) in [6.07, 6.45) is 0. The number of benzene rings is 2. The summed E-state index contributed by atoms with van der Waals surface area (Å²) in [5.41, 5.74) is 0. The van der Waals surface area contributed by atoms with E-state index in [-0.39, 0.29) is 0 Å². The Balaban J connectivity index is 2.30. The van der Waals surface area contributed by atoms with E-state index in [1.165, 1.54) is 0 Å². The third-order valence-electron chi connectivity index (χ3n) is 2.13. The molecule has 2 aromatic rings. The number of para-hydroxylation sites is 1. The number of thiol groups is 1. The predicted octanol–water partition coefficient (Wildman–Crippen LogP) is 3.34. The number of hydrogen-bond donors (Lipinski definition) is 1. The molecule has 0 fully saturated rings. The molecule has 90 valence electrons. The van der Waals surface area contributed by atoms with Gasteiger partial charge in [-0.3, -0.25) is 0 Å². The third kappa shape index (κ3) is 3.05. The van der Waals surface area contributed by atoms with Crippen LogP contribution in [0.25, 0.3) is 0 Å². The maximum atomic E-state index is 12.5. The Morgan fingerprint density at radius 2 is 1.41 bits per heavy atom. The number of rotatable bonds is 4. The lowest BCUT2D eigenvalue weighted by Gasteiger charge is -2.22. The minimum absolute atomic E-state index is 0.524. The summed E-state index contributed by atoms with van der Waals surface area (Å²) >= 11 is 1.61. The van der Waals surface area contributed by atoms with Gasteiger partial charge >= 0.3 is 0 Å². The van der Waals surface area contributed by atoms with Gasteiger partial charge in [0.25, 0.3) is 0 Å². The molecule has 0 aliphatic carbocycles. The van der Waals surface area contributed by atoms with Gasteiger partial charge < -0.3 is 4.18 Å². The molecule has 17 heavy (non-hydrogen) atoms. The fraction of sp³-hybridized carbons (Fsp3) is 0. The molecular formula is C12H11IO3S. The van der Waals surface area contributed by atoms with Crippen molar-refractivity contribution in [2.75, 3.05) is 0 Å². The highest BCUT2D eigenvalue weighted by molar-refractivity contribution is 14.1. The first-order valence-corrected chi connectivity index (χ1v) is 7.37. The van der Waals surface area contributed by atoms with Gasteiger partial charge in [-0.05, 0) is 24.3 Å². The van der Waals surface area contributed by atoms with E-state index in [1.54, 1.807) is 59.4 Å². The van der Waals surface area contributed by atoms with Crippen molar-refractivity contribution >= 4 is 33.5 Å². The van der Waals surface area contributed by atoms with Crippen molar-refractivity contribution in [2.45, 2.75) is 4.90 Å². The van der Waals surface area contributed by atoms with Crippen LogP contribution in [0.15, 0.2) is 65.6 Å². The van der Waals surface area contributed by atoms with Crippen LogP contribution in [-0.4, -0.2) is 4.21 Å². The highest BCUT2D eigenvalue weighted by atomic mass is 127. The van der Waals surface area contributed by atoms with Gasteiger partial charge in [0, 0.05) is 0 Å². The normalized spacial score (nSPS) is 12.1. The summed E-state index contributed by atoms with van der Waals surface area (Å²) in [4.78, 5) is 0.540. The van der Waals surface area contributed by atoms with Crippen LogP contribution in [-0.2, 0) is 13.0 Å². The SMILES string of the molecule is O=[SH](OI)(Oc1ccccc1)c1ccccc1. The molecule has 0 bridgehead atoms. The predicted molar refractivity (Wildman–Crippen MR) is 76.4 cm³/mol. The Labute approximate surface area is 115 Å². The molecule has 0 amide bonds. The van der Waals surface area contributed by atoms with Gasteiger partial charge in [-0.15, -0.1) is 0 Å². The van der Waals surface area contributed by atoms with Crippen molar-refractivity contribution < 1.29 is 10.9 Å². The third-order valence-corrected chi connectivity index (χ3v) is 5.25. The van der Waals surface area contributed by atoms with E-state index in [9.17, 15) is 4.21 Å². The fourth-order valence-corrected chi connectivity index (χ4v) is 3.41. The summed E-state index contributed by atoms with van der Waals surface area (Å²) in [5.74, 6) is 0.524. The van der Waals surface area contributed by atoms with Gasteiger partial charge in [-0.2, -0.15) is 0 Å². The van der Waals surface area contributed by atoms with Crippen LogP contribution in [0.5, 0.6) is 5.75 Å². The summed E-state index contributed by atoms with van der Waals surface area (Å²) < 4.78 is 23.0. The molecule has 0 N–H and O–H groups in total. The Hall–Kier alpha value is -0.920. The van der Waals surface area contributed by atoms with Gasteiger partial charge in [-0.1, -0.05) is 36.4 Å². The van der Waals surface area contributed by atoms with Crippen molar-refractivity contribution in [3.63, 3.8) is 0 Å². The topological polar surface area (TPSA) is 35.5 Å². The molecule has 0 saturated heterocycles. The van der Waals surface area contributed by atoms with Crippen molar-refractivity contribution in [1.82, 2.24) is 0 Å². The van der Waals surface area contributed by atoms with E-state index >= 15 is 0 Å². The Kier molecular flexibility index (Phi) is 4.14. The molecule has 0 aliphatic rings. The lowest BCUT2D eigenvalue weighted by atomic mass is 10.3. The molecular weight excluding hydrogens is 351 g/mol. The van der Waals surface area contributed by atoms with Crippen molar-refractivity contribution in [3.05, 3.63) is 60.7 Å². The lowest BCUT2D eigenvalue weighted by molar-refractivity contribution is 0.476. The quantitative estimate of drug-likeness (QED) is 0.670. The summed E-state index contributed by atoms with van der Waals surface area (Å²) in [5, 5.41) is 0. The fourth-order valence-electron chi connectivity index (χ4n) is 1.34. The van der Waals surface area contributed by atoms with E-state index in [4.69, 9.17) is 6.70 Å². The first-order valence-electron chi connectivity index (χ1n) is 4.95. The summed E-state index contributed by atoms with van der Waals surface area (Å²) in [6, 6.07) is 17.9. The van der Waals surface area contributed by atoms with Crippen molar-refractivity contribution in [3.8, 4) is 5.75 Å². The van der Waals surface area contributed by atoms with Crippen molar-refractivity contribution in [2.24, 2.45) is 0 Å². The second-order valence-electron chi connectivity index (χ2n) is 3.31. The second kappa shape index (κ2) is 5.61. The largest absolute Gasteiger partial charge is 0.401 e. The molecule has 0 aliphatic heterocycles. The van der Waals surface area contributed by atoms with Crippen LogP contribution in [0, 0.1) is 0 Å². The van der Waals surface area contributed by atoms with Crippen LogP contribution in [0.3, 0.4) is 0 Å². The van der Waals surface area contributed by atoms with E-state index in [2.05, 4.69) is 0 Å². The molecule has 0 unspecified atom stereocenters. The first kappa shape index (κ1) is 12.5. The molecule has 2 aromatic carbocycles. The minimum Gasteiger partial charge on any atom is -0.401 e. The molecule has 2 rings (SSSR count). The standard InChI is InChI=1S/C12H11IO3S/c13-16-17(14,12-9-5-2-6-10-12)15-11-7-3-1-4-8-11/h1-10,17H. The number of hydrogen-bond acceptors (Lipinski definition) is 3. The minimum atomic E-state index is -3.29. The van der Waals surface area contributed by atoms with E-state index in [0.29, 0.717) is 10.6 Å². The van der Waals surface area contributed by atoms with Crippen LogP contribution in [0.1, 0.15) is 0 Å². The van der Waals surface area contributed by atoms with Gasteiger partial charge in [-0.25, -0.2) is 6.72 Å². The van der Waals surface area contributed by atoms with Crippen LogP contribution in [0.4, 0.5) is 0 Å². The maximum Gasteiger partial charge on any atom is 0.148 e. The van der Waals surface area contributed by atoms with Crippen LogP contribution >= 0.6 is 23.0 Å². The van der Waals surface area contributed by atoms with Gasteiger partial charge in [0.2, 0.25) is 0 Å². The molecule has 0 saturated carbocycles. The van der Waals surface area contributed by atoms with E-state index in [0.717, 1.165) is 0 Å². The summed E-state index contributed by atoms with van der Waals surface area (Å²) in [7, 11) is -3.29. The van der Waals surface area contributed by atoms with Gasteiger partial charge in [0.05, 0.1) is 4.90 Å². The molecule has 0 spiro atoms. The first-order chi connectivity index (χ1) is 8.24.